The minimum absolute atomic E-state index is 0.139. The molecule has 0 bridgehead atoms. The number of hydrogen-bond donors (Lipinski definition) is 1. The molecule has 1 N–H and O–H groups in total. The van der Waals surface area contributed by atoms with Crippen molar-refractivity contribution >= 4 is 16.3 Å². The van der Waals surface area contributed by atoms with Gasteiger partial charge in [0.1, 0.15) is 6.29 Å². The number of rotatable bonds is 4. The predicted octanol–water partition coefficient (Wildman–Crippen LogP) is 0.0693. The standard InChI is InChI=1S/C8H13NO3S/c1-13(11,12)9-8-3-2-7(6-8)4-5-10/h2-3,5,7-9H,4,6H2,1H3/t7-,8-/m1/s1. The van der Waals surface area contributed by atoms with Gasteiger partial charge in [-0.3, -0.25) is 0 Å². The molecule has 1 rings (SSSR count). The van der Waals surface area contributed by atoms with Gasteiger partial charge >= 0.3 is 0 Å². The SMILES string of the molecule is CS(=O)(=O)N[C@@H]1C=C[C@H](CC=O)C1. The van der Waals surface area contributed by atoms with E-state index in [2.05, 4.69) is 4.72 Å². The molecule has 13 heavy (non-hydrogen) atoms. The van der Waals surface area contributed by atoms with Crippen molar-refractivity contribution in [3.8, 4) is 0 Å². The Morgan fingerprint density at radius 3 is 2.77 bits per heavy atom. The summed E-state index contributed by atoms with van der Waals surface area (Å²) in [5.41, 5.74) is 0. The van der Waals surface area contributed by atoms with Crippen LogP contribution in [0.5, 0.6) is 0 Å². The maximum Gasteiger partial charge on any atom is 0.209 e. The highest BCUT2D eigenvalue weighted by atomic mass is 32.2. The van der Waals surface area contributed by atoms with Gasteiger partial charge in [-0.05, 0) is 12.3 Å². The summed E-state index contributed by atoms with van der Waals surface area (Å²) in [5, 5.41) is 0. The molecule has 0 saturated carbocycles. The highest BCUT2D eigenvalue weighted by Gasteiger charge is 2.20. The lowest BCUT2D eigenvalue weighted by Crippen LogP contribution is -2.31. The van der Waals surface area contributed by atoms with E-state index < -0.39 is 10.0 Å². The number of sulfonamides is 1. The van der Waals surface area contributed by atoms with Crippen LogP contribution in [-0.4, -0.2) is 27.0 Å². The monoisotopic (exact) mass is 203 g/mol. The summed E-state index contributed by atoms with van der Waals surface area (Å²) < 4.78 is 24.2. The quantitative estimate of drug-likeness (QED) is 0.519. The molecular weight excluding hydrogens is 190 g/mol. The Bertz CT molecular complexity index is 307. The first-order chi connectivity index (χ1) is 6.01. The van der Waals surface area contributed by atoms with E-state index in [-0.39, 0.29) is 12.0 Å². The summed E-state index contributed by atoms with van der Waals surface area (Å²) in [7, 11) is -3.14. The summed E-state index contributed by atoms with van der Waals surface area (Å²) in [6.45, 7) is 0. The van der Waals surface area contributed by atoms with Crippen LogP contribution in [-0.2, 0) is 14.8 Å². The van der Waals surface area contributed by atoms with Crippen molar-refractivity contribution in [3.05, 3.63) is 12.2 Å². The fourth-order valence-electron chi connectivity index (χ4n) is 1.44. The molecule has 74 valence electrons. The van der Waals surface area contributed by atoms with Gasteiger partial charge in [0.15, 0.2) is 0 Å². The van der Waals surface area contributed by atoms with E-state index in [0.29, 0.717) is 12.8 Å². The molecule has 0 aromatic heterocycles. The van der Waals surface area contributed by atoms with E-state index in [9.17, 15) is 13.2 Å². The highest BCUT2D eigenvalue weighted by Crippen LogP contribution is 2.20. The number of carbonyl (C=O) groups excluding carboxylic acids is 1. The molecule has 0 aromatic carbocycles. The topological polar surface area (TPSA) is 63.2 Å². The maximum atomic E-state index is 10.8. The van der Waals surface area contributed by atoms with Gasteiger partial charge in [-0.15, -0.1) is 0 Å². The first-order valence-electron chi connectivity index (χ1n) is 4.10. The van der Waals surface area contributed by atoms with Crippen LogP contribution < -0.4 is 4.72 Å². The van der Waals surface area contributed by atoms with Gasteiger partial charge in [-0.25, -0.2) is 13.1 Å². The van der Waals surface area contributed by atoms with E-state index >= 15 is 0 Å². The van der Waals surface area contributed by atoms with Gasteiger partial charge in [-0.1, -0.05) is 12.2 Å². The van der Waals surface area contributed by atoms with Gasteiger partial charge in [0.05, 0.1) is 6.26 Å². The van der Waals surface area contributed by atoms with Crippen molar-refractivity contribution in [1.29, 1.82) is 0 Å². The van der Waals surface area contributed by atoms with Gasteiger partial charge in [0.25, 0.3) is 0 Å². The van der Waals surface area contributed by atoms with E-state index in [4.69, 9.17) is 0 Å². The first kappa shape index (κ1) is 10.4. The molecule has 0 fully saturated rings. The van der Waals surface area contributed by atoms with Crippen LogP contribution >= 0.6 is 0 Å². The normalized spacial score (nSPS) is 27.8. The number of allylic oxidation sites excluding steroid dienone is 1. The molecular formula is C8H13NO3S. The fourth-order valence-corrected chi connectivity index (χ4v) is 2.16. The van der Waals surface area contributed by atoms with Crippen molar-refractivity contribution in [2.45, 2.75) is 18.9 Å². The zero-order chi connectivity index (χ0) is 9.90. The molecule has 1 aliphatic carbocycles. The zero-order valence-corrected chi connectivity index (χ0v) is 8.25. The summed E-state index contributed by atoms with van der Waals surface area (Å²) in [6, 6.07) is -0.139. The second-order valence-corrected chi connectivity index (χ2v) is 5.06. The van der Waals surface area contributed by atoms with Crippen LogP contribution in [0, 0.1) is 5.92 Å². The maximum absolute atomic E-state index is 10.8. The van der Waals surface area contributed by atoms with Crippen LogP contribution in [0.4, 0.5) is 0 Å². The lowest BCUT2D eigenvalue weighted by molar-refractivity contribution is -0.108. The van der Waals surface area contributed by atoms with Crippen molar-refractivity contribution < 1.29 is 13.2 Å². The van der Waals surface area contributed by atoms with Crippen LogP contribution in [0.1, 0.15) is 12.8 Å². The highest BCUT2D eigenvalue weighted by molar-refractivity contribution is 7.88. The second kappa shape index (κ2) is 4.02. The van der Waals surface area contributed by atoms with Gasteiger partial charge < -0.3 is 4.79 Å². The Morgan fingerprint density at radius 2 is 2.23 bits per heavy atom. The molecule has 0 spiro atoms. The molecule has 0 saturated heterocycles. The summed E-state index contributed by atoms with van der Waals surface area (Å²) in [6.07, 6.45) is 6.84. The van der Waals surface area contributed by atoms with E-state index in [0.717, 1.165) is 12.5 Å². The third-order valence-electron chi connectivity index (χ3n) is 1.94. The van der Waals surface area contributed by atoms with Crippen molar-refractivity contribution in [3.63, 3.8) is 0 Å². The third kappa shape index (κ3) is 3.69. The fraction of sp³-hybridized carbons (Fsp3) is 0.625. The summed E-state index contributed by atoms with van der Waals surface area (Å²) in [5.74, 6) is 0.191. The van der Waals surface area contributed by atoms with E-state index in [1.807, 2.05) is 6.08 Å². The van der Waals surface area contributed by atoms with E-state index in [1.54, 1.807) is 6.08 Å². The lowest BCUT2D eigenvalue weighted by atomic mass is 10.1. The number of hydrogen-bond acceptors (Lipinski definition) is 3. The molecule has 0 unspecified atom stereocenters. The van der Waals surface area contributed by atoms with E-state index in [1.165, 1.54) is 0 Å². The number of carbonyl (C=O) groups is 1. The lowest BCUT2D eigenvalue weighted by Gasteiger charge is -2.10. The molecule has 0 aliphatic heterocycles. The smallest absolute Gasteiger partial charge is 0.209 e. The summed E-state index contributed by atoms with van der Waals surface area (Å²) in [4.78, 5) is 10.2. The van der Waals surface area contributed by atoms with Crippen LogP contribution in [0.3, 0.4) is 0 Å². The molecule has 4 nitrogen and oxygen atoms in total. The Balaban J connectivity index is 2.43. The van der Waals surface area contributed by atoms with Crippen LogP contribution in [0.25, 0.3) is 0 Å². The largest absolute Gasteiger partial charge is 0.303 e. The van der Waals surface area contributed by atoms with Gasteiger partial charge in [0.2, 0.25) is 10.0 Å². The Kier molecular flexibility index (Phi) is 3.22. The second-order valence-electron chi connectivity index (χ2n) is 3.28. The first-order valence-corrected chi connectivity index (χ1v) is 5.99. The predicted molar refractivity (Wildman–Crippen MR) is 49.7 cm³/mol. The molecule has 5 heteroatoms. The zero-order valence-electron chi connectivity index (χ0n) is 7.43. The molecule has 0 radical (unpaired) electrons. The molecule has 1 aliphatic rings. The van der Waals surface area contributed by atoms with Crippen LogP contribution in [0.2, 0.25) is 0 Å². The number of nitrogens with one attached hydrogen (secondary N) is 1. The van der Waals surface area contributed by atoms with Crippen molar-refractivity contribution in [2.24, 2.45) is 5.92 Å². The average molecular weight is 203 g/mol. The van der Waals surface area contributed by atoms with Gasteiger partial charge in [0, 0.05) is 12.5 Å². The third-order valence-corrected chi connectivity index (χ3v) is 2.67. The molecule has 0 heterocycles. The Morgan fingerprint density at radius 1 is 1.54 bits per heavy atom. The summed E-state index contributed by atoms with van der Waals surface area (Å²) >= 11 is 0. The molecule has 0 amide bonds. The Labute approximate surface area is 78.1 Å². The van der Waals surface area contributed by atoms with Crippen molar-refractivity contribution in [1.82, 2.24) is 4.72 Å². The molecule has 0 aromatic rings. The minimum Gasteiger partial charge on any atom is -0.303 e. The average Bonchev–Trinajstić information content (AvgIpc) is 2.33. The van der Waals surface area contributed by atoms with Crippen LogP contribution in [0.15, 0.2) is 12.2 Å². The van der Waals surface area contributed by atoms with Crippen molar-refractivity contribution in [2.75, 3.05) is 6.26 Å². The molecule has 2 atom stereocenters. The number of aldehydes is 1. The van der Waals surface area contributed by atoms with Gasteiger partial charge in [-0.2, -0.15) is 0 Å². The Hall–Kier alpha value is -0.680. The minimum atomic E-state index is -3.14.